The van der Waals surface area contributed by atoms with Gasteiger partial charge in [-0.05, 0) is 42.5 Å². The van der Waals surface area contributed by atoms with Crippen molar-refractivity contribution in [2.75, 3.05) is 30.6 Å². The van der Waals surface area contributed by atoms with Gasteiger partial charge in [-0.3, -0.25) is 0 Å². The van der Waals surface area contributed by atoms with Crippen LogP contribution in [0, 0.1) is 0 Å². The minimum absolute atomic E-state index is 0.385. The van der Waals surface area contributed by atoms with E-state index in [4.69, 9.17) is 15.2 Å². The van der Waals surface area contributed by atoms with Crippen molar-refractivity contribution in [3.05, 3.63) is 42.5 Å². The smallest absolute Gasteiger partial charge is 0.323 e. The summed E-state index contributed by atoms with van der Waals surface area (Å²) >= 11 is 0. The number of amides is 2. The number of methoxy groups -OCH3 is 2. The molecule has 0 heterocycles. The van der Waals surface area contributed by atoms with Gasteiger partial charge < -0.3 is 25.8 Å². The lowest BCUT2D eigenvalue weighted by Gasteiger charge is -2.12. The molecule has 0 saturated heterocycles. The highest BCUT2D eigenvalue weighted by Gasteiger charge is 2.08. The zero-order valence-electron chi connectivity index (χ0n) is 11.8. The van der Waals surface area contributed by atoms with Crippen LogP contribution in [0.25, 0.3) is 0 Å². The van der Waals surface area contributed by atoms with Crippen LogP contribution in [-0.2, 0) is 0 Å². The van der Waals surface area contributed by atoms with Crippen LogP contribution in [0.2, 0.25) is 0 Å². The predicted octanol–water partition coefficient (Wildman–Crippen LogP) is 2.93. The number of hydrogen-bond donors (Lipinski definition) is 3. The molecule has 0 aliphatic heterocycles. The molecular weight excluding hydrogens is 270 g/mol. The number of nitrogens with one attached hydrogen (secondary N) is 2. The molecule has 4 N–H and O–H groups in total. The molecule has 2 aromatic rings. The van der Waals surface area contributed by atoms with E-state index in [1.54, 1.807) is 49.6 Å². The van der Waals surface area contributed by atoms with E-state index in [9.17, 15) is 4.79 Å². The molecule has 0 saturated carbocycles. The molecule has 6 heteroatoms. The molecule has 0 spiro atoms. The Labute approximate surface area is 122 Å². The van der Waals surface area contributed by atoms with E-state index in [0.717, 1.165) is 5.75 Å². The predicted molar refractivity (Wildman–Crippen MR) is 83.0 cm³/mol. The summed E-state index contributed by atoms with van der Waals surface area (Å²) in [6.07, 6.45) is 0. The van der Waals surface area contributed by atoms with Crippen LogP contribution in [-0.4, -0.2) is 20.3 Å². The van der Waals surface area contributed by atoms with Crippen molar-refractivity contribution in [2.24, 2.45) is 0 Å². The lowest BCUT2D eigenvalue weighted by Crippen LogP contribution is -2.19. The molecule has 2 amide bonds. The highest BCUT2D eigenvalue weighted by Crippen LogP contribution is 2.26. The van der Waals surface area contributed by atoms with Crippen LogP contribution in [0.4, 0.5) is 21.9 Å². The second-order valence-electron chi connectivity index (χ2n) is 4.27. The zero-order valence-corrected chi connectivity index (χ0v) is 11.8. The Morgan fingerprint density at radius 2 is 1.71 bits per heavy atom. The van der Waals surface area contributed by atoms with Crippen molar-refractivity contribution < 1.29 is 14.3 Å². The van der Waals surface area contributed by atoms with Crippen molar-refractivity contribution in [2.45, 2.75) is 0 Å². The van der Waals surface area contributed by atoms with Crippen LogP contribution in [0.3, 0.4) is 0 Å². The molecular formula is C15H17N3O3. The number of carbonyl (C=O) groups excluding carboxylic acids is 1. The molecule has 0 fully saturated rings. The number of anilines is 3. The Morgan fingerprint density at radius 1 is 1.00 bits per heavy atom. The largest absolute Gasteiger partial charge is 0.497 e. The van der Waals surface area contributed by atoms with Gasteiger partial charge in [0, 0.05) is 11.4 Å². The molecule has 0 aliphatic carbocycles. The first-order chi connectivity index (χ1) is 10.1. The number of ether oxygens (including phenoxy) is 2. The monoisotopic (exact) mass is 287 g/mol. The summed E-state index contributed by atoms with van der Waals surface area (Å²) in [7, 11) is 3.11. The van der Waals surface area contributed by atoms with Crippen molar-refractivity contribution in [3.63, 3.8) is 0 Å². The SMILES string of the molecule is COc1ccc(NC(=O)Nc2cc(N)ccc2OC)cc1. The molecule has 2 aromatic carbocycles. The van der Waals surface area contributed by atoms with Gasteiger partial charge in [0.25, 0.3) is 0 Å². The van der Waals surface area contributed by atoms with Gasteiger partial charge in [0.1, 0.15) is 11.5 Å². The minimum atomic E-state index is -0.385. The van der Waals surface area contributed by atoms with Gasteiger partial charge in [-0.1, -0.05) is 0 Å². The summed E-state index contributed by atoms with van der Waals surface area (Å²) in [4.78, 5) is 12.0. The molecule has 110 valence electrons. The molecule has 2 rings (SSSR count). The van der Waals surface area contributed by atoms with Gasteiger partial charge in [0.15, 0.2) is 0 Å². The van der Waals surface area contributed by atoms with E-state index in [0.29, 0.717) is 22.8 Å². The first-order valence-electron chi connectivity index (χ1n) is 6.28. The standard InChI is InChI=1S/C15H17N3O3/c1-20-12-6-4-11(5-7-12)17-15(19)18-13-9-10(16)3-8-14(13)21-2/h3-9H,16H2,1-2H3,(H2,17,18,19). The third kappa shape index (κ3) is 3.79. The van der Waals surface area contributed by atoms with E-state index in [1.807, 2.05) is 0 Å². The molecule has 0 radical (unpaired) electrons. The van der Waals surface area contributed by atoms with Gasteiger partial charge in [-0.25, -0.2) is 4.79 Å². The fraction of sp³-hybridized carbons (Fsp3) is 0.133. The Kier molecular flexibility index (Phi) is 4.50. The van der Waals surface area contributed by atoms with Crippen LogP contribution < -0.4 is 25.8 Å². The van der Waals surface area contributed by atoms with Crippen molar-refractivity contribution >= 4 is 23.1 Å². The van der Waals surface area contributed by atoms with E-state index < -0.39 is 0 Å². The van der Waals surface area contributed by atoms with Gasteiger partial charge in [0.2, 0.25) is 0 Å². The van der Waals surface area contributed by atoms with Gasteiger partial charge in [-0.15, -0.1) is 0 Å². The van der Waals surface area contributed by atoms with Crippen LogP contribution in [0.1, 0.15) is 0 Å². The lowest BCUT2D eigenvalue weighted by atomic mass is 10.2. The summed E-state index contributed by atoms with van der Waals surface area (Å²) in [5, 5.41) is 5.40. The maximum atomic E-state index is 12.0. The third-order valence-corrected chi connectivity index (χ3v) is 2.82. The first-order valence-corrected chi connectivity index (χ1v) is 6.28. The summed E-state index contributed by atoms with van der Waals surface area (Å²) in [6.45, 7) is 0. The molecule has 0 aliphatic rings. The molecule has 21 heavy (non-hydrogen) atoms. The van der Waals surface area contributed by atoms with E-state index in [-0.39, 0.29) is 6.03 Å². The van der Waals surface area contributed by atoms with E-state index in [2.05, 4.69) is 10.6 Å². The second-order valence-corrected chi connectivity index (χ2v) is 4.27. The number of rotatable bonds is 4. The minimum Gasteiger partial charge on any atom is -0.497 e. The summed E-state index contributed by atoms with van der Waals surface area (Å²) < 4.78 is 10.2. The maximum Gasteiger partial charge on any atom is 0.323 e. The summed E-state index contributed by atoms with van der Waals surface area (Å²) in [5.41, 5.74) is 7.39. The number of carbonyl (C=O) groups is 1. The summed E-state index contributed by atoms with van der Waals surface area (Å²) in [6, 6.07) is 11.7. The fourth-order valence-electron chi connectivity index (χ4n) is 1.78. The van der Waals surface area contributed by atoms with Gasteiger partial charge in [0.05, 0.1) is 19.9 Å². The second kappa shape index (κ2) is 6.51. The van der Waals surface area contributed by atoms with Crippen LogP contribution in [0.15, 0.2) is 42.5 Å². The van der Waals surface area contributed by atoms with Crippen LogP contribution >= 0.6 is 0 Å². The number of nitrogens with two attached hydrogens (primary N) is 1. The Balaban J connectivity index is 2.05. The number of hydrogen-bond acceptors (Lipinski definition) is 4. The van der Waals surface area contributed by atoms with Crippen molar-refractivity contribution in [3.8, 4) is 11.5 Å². The third-order valence-electron chi connectivity index (χ3n) is 2.82. The molecule has 0 unspecified atom stereocenters. The number of urea groups is 1. The van der Waals surface area contributed by atoms with Gasteiger partial charge >= 0.3 is 6.03 Å². The molecule has 6 nitrogen and oxygen atoms in total. The van der Waals surface area contributed by atoms with E-state index in [1.165, 1.54) is 7.11 Å². The van der Waals surface area contributed by atoms with E-state index >= 15 is 0 Å². The normalized spacial score (nSPS) is 9.81. The quantitative estimate of drug-likeness (QED) is 0.755. The fourth-order valence-corrected chi connectivity index (χ4v) is 1.78. The van der Waals surface area contributed by atoms with Crippen molar-refractivity contribution in [1.29, 1.82) is 0 Å². The Morgan fingerprint density at radius 3 is 2.33 bits per heavy atom. The Hall–Kier alpha value is -2.89. The summed E-state index contributed by atoms with van der Waals surface area (Å²) in [5.74, 6) is 1.26. The van der Waals surface area contributed by atoms with Gasteiger partial charge in [-0.2, -0.15) is 0 Å². The highest BCUT2D eigenvalue weighted by atomic mass is 16.5. The van der Waals surface area contributed by atoms with Crippen molar-refractivity contribution in [1.82, 2.24) is 0 Å². The molecule has 0 atom stereocenters. The average molecular weight is 287 g/mol. The molecule has 0 aromatic heterocycles. The first kappa shape index (κ1) is 14.5. The zero-order chi connectivity index (χ0) is 15.2. The Bertz CT molecular complexity index is 627. The maximum absolute atomic E-state index is 12.0. The number of nitrogen functional groups attached to an aromatic ring is 1. The lowest BCUT2D eigenvalue weighted by molar-refractivity contribution is 0.262. The average Bonchev–Trinajstić information content (AvgIpc) is 2.48. The highest BCUT2D eigenvalue weighted by molar-refractivity contribution is 6.01. The van der Waals surface area contributed by atoms with Crippen LogP contribution in [0.5, 0.6) is 11.5 Å². The topological polar surface area (TPSA) is 85.6 Å². The molecule has 0 bridgehead atoms. The number of benzene rings is 2.